The first kappa shape index (κ1) is 26.8. The minimum Gasteiger partial charge on any atom is -0.394 e. The van der Waals surface area contributed by atoms with E-state index in [1.54, 1.807) is 13.8 Å². The molecule has 1 unspecified atom stereocenters. The van der Waals surface area contributed by atoms with Crippen molar-refractivity contribution >= 4 is 11.8 Å². The second-order valence-corrected chi connectivity index (χ2v) is 10.3. The average Bonchev–Trinajstić information content (AvgIpc) is 2.95. The minimum atomic E-state index is -0.523. The van der Waals surface area contributed by atoms with Crippen molar-refractivity contribution in [1.29, 1.82) is 0 Å². The molecular weight excluding hydrogens is 358 g/mol. The summed E-state index contributed by atoms with van der Waals surface area (Å²) in [6.07, 6.45) is 2.60. The highest BCUT2D eigenvalue weighted by atomic mass is 16.3. The predicted octanol–water partition coefficient (Wildman–Crippen LogP) is 1.87. The van der Waals surface area contributed by atoms with E-state index in [-0.39, 0.29) is 30.1 Å². The highest BCUT2D eigenvalue weighted by Crippen LogP contribution is 2.16. The molecule has 0 aromatic heterocycles. The van der Waals surface area contributed by atoms with Crippen molar-refractivity contribution in [2.24, 2.45) is 10.8 Å². The van der Waals surface area contributed by atoms with Gasteiger partial charge in [-0.15, -0.1) is 0 Å². The zero-order valence-electron chi connectivity index (χ0n) is 19.2. The van der Waals surface area contributed by atoms with Gasteiger partial charge in [0.15, 0.2) is 0 Å². The maximum absolute atomic E-state index is 11.6. The Balaban J connectivity index is 0.000000546. The summed E-state index contributed by atoms with van der Waals surface area (Å²) in [6, 6.07) is 0. The Kier molecular flexibility index (Phi) is 10.7. The number of hydrogen-bond donors (Lipinski definition) is 4. The number of amides is 2. The van der Waals surface area contributed by atoms with E-state index in [1.807, 2.05) is 41.5 Å². The Labute approximate surface area is 171 Å². The zero-order valence-corrected chi connectivity index (χ0v) is 19.2. The third kappa shape index (κ3) is 11.0. The largest absolute Gasteiger partial charge is 0.394 e. The maximum atomic E-state index is 11.6. The second kappa shape index (κ2) is 11.1. The fourth-order valence-electron chi connectivity index (χ4n) is 2.35. The standard InChI is InChI=1S/C12H24N2O2.C9H19NO2/c1-12(2,3)11(16)13-7-5-9-14-8-4-6-10(14)15;1-8(2,3)7(12)10-9(4,5)6-11/h10,15H,4-9H2,1-3H3,(H,13,16);11H,6H2,1-5H3,(H,10,12). The van der Waals surface area contributed by atoms with Crippen molar-refractivity contribution in [3.05, 3.63) is 0 Å². The van der Waals surface area contributed by atoms with Gasteiger partial charge in [-0.3, -0.25) is 14.5 Å². The molecule has 0 aromatic rings. The minimum absolute atomic E-state index is 0.0402. The summed E-state index contributed by atoms with van der Waals surface area (Å²) in [4.78, 5) is 25.0. The Bertz CT molecular complexity index is 493. The molecule has 0 aromatic carbocycles. The fraction of sp³-hybridized carbons (Fsp3) is 0.905. The number of rotatable bonds is 6. The Hall–Kier alpha value is -1.18. The van der Waals surface area contributed by atoms with Crippen molar-refractivity contribution in [1.82, 2.24) is 15.5 Å². The second-order valence-electron chi connectivity index (χ2n) is 10.3. The lowest BCUT2D eigenvalue weighted by molar-refractivity contribution is -0.130. The van der Waals surface area contributed by atoms with Gasteiger partial charge in [0.1, 0.15) is 6.23 Å². The summed E-state index contributed by atoms with van der Waals surface area (Å²) in [5.74, 6) is 0.0519. The van der Waals surface area contributed by atoms with E-state index in [4.69, 9.17) is 5.11 Å². The number of carbonyl (C=O) groups excluding carboxylic acids is 2. The molecule has 166 valence electrons. The molecule has 0 spiro atoms. The van der Waals surface area contributed by atoms with Crippen LogP contribution in [0.1, 0.15) is 74.7 Å². The van der Waals surface area contributed by atoms with Crippen molar-refractivity contribution in [2.75, 3.05) is 26.2 Å². The molecule has 1 aliphatic heterocycles. The maximum Gasteiger partial charge on any atom is 0.225 e. The number of likely N-dealkylation sites (tertiary alicyclic amines) is 1. The van der Waals surface area contributed by atoms with Gasteiger partial charge in [0.2, 0.25) is 11.8 Å². The van der Waals surface area contributed by atoms with Gasteiger partial charge in [0, 0.05) is 30.5 Å². The summed E-state index contributed by atoms with van der Waals surface area (Å²) in [6.45, 7) is 17.3. The van der Waals surface area contributed by atoms with E-state index in [0.29, 0.717) is 6.54 Å². The van der Waals surface area contributed by atoms with Crippen molar-refractivity contribution < 1.29 is 19.8 Å². The van der Waals surface area contributed by atoms with Crippen LogP contribution in [0, 0.1) is 10.8 Å². The summed E-state index contributed by atoms with van der Waals surface area (Å²) >= 11 is 0. The Morgan fingerprint density at radius 2 is 1.54 bits per heavy atom. The van der Waals surface area contributed by atoms with Crippen LogP contribution in [0.5, 0.6) is 0 Å². The topological polar surface area (TPSA) is 102 Å². The lowest BCUT2D eigenvalue weighted by atomic mass is 9.93. The van der Waals surface area contributed by atoms with Crippen LogP contribution in [0.3, 0.4) is 0 Å². The van der Waals surface area contributed by atoms with E-state index in [2.05, 4.69) is 15.5 Å². The molecule has 1 fully saturated rings. The van der Waals surface area contributed by atoms with Gasteiger partial charge in [-0.25, -0.2) is 0 Å². The average molecular weight is 402 g/mol. The van der Waals surface area contributed by atoms with Crippen LogP contribution in [0.15, 0.2) is 0 Å². The molecule has 0 bridgehead atoms. The van der Waals surface area contributed by atoms with Crippen LogP contribution < -0.4 is 10.6 Å². The molecule has 28 heavy (non-hydrogen) atoms. The van der Waals surface area contributed by atoms with Crippen LogP contribution in [0.25, 0.3) is 0 Å². The van der Waals surface area contributed by atoms with Gasteiger partial charge in [0.25, 0.3) is 0 Å². The quantitative estimate of drug-likeness (QED) is 0.509. The molecular formula is C21H43N3O4. The van der Waals surface area contributed by atoms with Gasteiger partial charge in [-0.2, -0.15) is 0 Å². The molecule has 1 saturated heterocycles. The number of hydrogen-bond acceptors (Lipinski definition) is 5. The molecule has 0 saturated carbocycles. The lowest BCUT2D eigenvalue weighted by Gasteiger charge is -2.28. The first-order valence-corrected chi connectivity index (χ1v) is 10.2. The van der Waals surface area contributed by atoms with Gasteiger partial charge in [-0.1, -0.05) is 41.5 Å². The highest BCUT2D eigenvalue weighted by Gasteiger charge is 2.27. The summed E-state index contributed by atoms with van der Waals surface area (Å²) < 4.78 is 0. The van der Waals surface area contributed by atoms with Gasteiger partial charge in [-0.05, 0) is 33.1 Å². The SMILES string of the molecule is CC(C)(C)C(=O)NCCCN1CCCC1O.CC(C)(CO)NC(=O)C(C)(C)C. The Morgan fingerprint density at radius 3 is 1.93 bits per heavy atom. The number of carbonyl (C=O) groups is 2. The number of aliphatic hydroxyl groups is 2. The van der Waals surface area contributed by atoms with Crippen LogP contribution >= 0.6 is 0 Å². The number of nitrogens with one attached hydrogen (secondary N) is 2. The van der Waals surface area contributed by atoms with E-state index in [1.165, 1.54) is 0 Å². The van der Waals surface area contributed by atoms with Gasteiger partial charge < -0.3 is 20.8 Å². The smallest absolute Gasteiger partial charge is 0.225 e. The summed E-state index contributed by atoms with van der Waals surface area (Å²) in [7, 11) is 0. The van der Waals surface area contributed by atoms with Crippen LogP contribution in [0.4, 0.5) is 0 Å². The summed E-state index contributed by atoms with van der Waals surface area (Å²) in [5.41, 5.74) is -1.23. The van der Waals surface area contributed by atoms with Crippen LogP contribution in [0.2, 0.25) is 0 Å². The molecule has 2 amide bonds. The fourth-order valence-corrected chi connectivity index (χ4v) is 2.35. The molecule has 1 rings (SSSR count). The highest BCUT2D eigenvalue weighted by molar-refractivity contribution is 5.82. The van der Waals surface area contributed by atoms with E-state index < -0.39 is 11.0 Å². The van der Waals surface area contributed by atoms with Crippen molar-refractivity contribution in [3.8, 4) is 0 Å². The van der Waals surface area contributed by atoms with E-state index in [0.717, 1.165) is 32.4 Å². The molecule has 1 aliphatic rings. The lowest BCUT2D eigenvalue weighted by Crippen LogP contribution is -2.50. The van der Waals surface area contributed by atoms with Crippen LogP contribution in [-0.4, -0.2) is 64.9 Å². The molecule has 7 nitrogen and oxygen atoms in total. The number of aliphatic hydroxyl groups excluding tert-OH is 2. The molecule has 1 heterocycles. The van der Waals surface area contributed by atoms with Crippen molar-refractivity contribution in [2.45, 2.75) is 86.4 Å². The summed E-state index contributed by atoms with van der Waals surface area (Å²) in [5, 5.41) is 24.1. The first-order chi connectivity index (χ1) is 12.6. The van der Waals surface area contributed by atoms with Crippen LogP contribution in [-0.2, 0) is 9.59 Å². The zero-order chi connectivity index (χ0) is 22.2. The third-order valence-corrected chi connectivity index (χ3v) is 4.45. The molecule has 1 atom stereocenters. The monoisotopic (exact) mass is 401 g/mol. The number of nitrogens with zero attached hydrogens (tertiary/aromatic N) is 1. The van der Waals surface area contributed by atoms with Crippen molar-refractivity contribution in [3.63, 3.8) is 0 Å². The van der Waals surface area contributed by atoms with Gasteiger partial charge in [0.05, 0.1) is 12.1 Å². The Morgan fingerprint density at radius 1 is 1.00 bits per heavy atom. The molecule has 0 radical (unpaired) electrons. The van der Waals surface area contributed by atoms with E-state index >= 15 is 0 Å². The molecule has 0 aliphatic carbocycles. The van der Waals surface area contributed by atoms with Gasteiger partial charge >= 0.3 is 0 Å². The first-order valence-electron chi connectivity index (χ1n) is 10.2. The third-order valence-electron chi connectivity index (χ3n) is 4.45. The normalized spacial score (nSPS) is 18.3. The van der Waals surface area contributed by atoms with E-state index in [9.17, 15) is 14.7 Å². The molecule has 4 N–H and O–H groups in total. The molecule has 7 heteroatoms. The predicted molar refractivity (Wildman–Crippen MR) is 113 cm³/mol.